The van der Waals surface area contributed by atoms with Crippen LogP contribution in [-0.4, -0.2) is 22.2 Å². The Kier molecular flexibility index (Phi) is 10.1. The second-order valence-electron chi connectivity index (χ2n) is 5.04. The van der Waals surface area contributed by atoms with Crippen LogP contribution < -0.4 is 0 Å². The largest absolute Gasteiger partial charge is 0.478 e. The van der Waals surface area contributed by atoms with Crippen LogP contribution in [0.15, 0.2) is 49.6 Å². The Morgan fingerprint density at radius 1 is 1.05 bits per heavy atom. The summed E-state index contributed by atoms with van der Waals surface area (Å²) in [7, 11) is 0. The molecule has 0 aliphatic carbocycles. The van der Waals surface area contributed by atoms with Crippen molar-refractivity contribution < 1.29 is 19.8 Å². The van der Waals surface area contributed by atoms with E-state index in [9.17, 15) is 9.59 Å². The van der Waals surface area contributed by atoms with Crippen molar-refractivity contribution in [3.63, 3.8) is 0 Å². The number of carboxylic acid groups (broad SMARTS) is 2. The van der Waals surface area contributed by atoms with Crippen LogP contribution in [0, 0.1) is 5.92 Å². The van der Waals surface area contributed by atoms with Crippen molar-refractivity contribution in [3.05, 3.63) is 60.7 Å². The highest BCUT2D eigenvalue weighted by molar-refractivity contribution is 5.91. The monoisotopic (exact) mass is 304 g/mol. The van der Waals surface area contributed by atoms with Crippen LogP contribution in [0.2, 0.25) is 0 Å². The maximum Gasteiger partial charge on any atom is 0.335 e. The van der Waals surface area contributed by atoms with E-state index < -0.39 is 11.9 Å². The third-order valence-corrected chi connectivity index (χ3v) is 3.05. The first-order chi connectivity index (χ1) is 10.4. The van der Waals surface area contributed by atoms with Gasteiger partial charge in [0.25, 0.3) is 0 Å². The Labute approximate surface area is 131 Å². The molecule has 0 aliphatic rings. The molecular formula is C18H24O4. The molecule has 4 heteroatoms. The molecule has 0 aliphatic heterocycles. The van der Waals surface area contributed by atoms with E-state index in [-0.39, 0.29) is 11.1 Å². The van der Waals surface area contributed by atoms with Gasteiger partial charge in [0, 0.05) is 0 Å². The minimum Gasteiger partial charge on any atom is -0.478 e. The second-order valence-corrected chi connectivity index (χ2v) is 5.04. The number of carboxylic acids is 2. The fraction of sp³-hybridized carbons (Fsp3) is 0.333. The third-order valence-electron chi connectivity index (χ3n) is 3.05. The molecule has 1 aromatic rings. The smallest absolute Gasteiger partial charge is 0.335 e. The number of hydrogen-bond acceptors (Lipinski definition) is 2. The highest BCUT2D eigenvalue weighted by atomic mass is 16.4. The molecule has 1 unspecified atom stereocenters. The van der Waals surface area contributed by atoms with Gasteiger partial charge in [0.15, 0.2) is 0 Å². The molecule has 1 rings (SSSR count). The molecule has 0 radical (unpaired) electrons. The van der Waals surface area contributed by atoms with Crippen molar-refractivity contribution in [2.24, 2.45) is 5.92 Å². The summed E-state index contributed by atoms with van der Waals surface area (Å²) in [5, 5.41) is 16.9. The van der Waals surface area contributed by atoms with Crippen molar-refractivity contribution in [2.45, 2.75) is 32.6 Å². The maximum atomic E-state index is 10.3. The molecule has 0 bridgehead atoms. The zero-order valence-electron chi connectivity index (χ0n) is 13.0. The summed E-state index contributed by atoms with van der Waals surface area (Å²) in [6, 6.07) is 5.02. The lowest BCUT2D eigenvalue weighted by atomic mass is 10.0. The van der Waals surface area contributed by atoms with Gasteiger partial charge < -0.3 is 10.2 Å². The van der Waals surface area contributed by atoms with Crippen LogP contribution in [0.25, 0.3) is 0 Å². The zero-order valence-corrected chi connectivity index (χ0v) is 13.0. The van der Waals surface area contributed by atoms with Crippen LogP contribution >= 0.6 is 0 Å². The van der Waals surface area contributed by atoms with Gasteiger partial charge in [-0.05, 0) is 49.4 Å². The normalized spacial score (nSPS) is 10.8. The van der Waals surface area contributed by atoms with Crippen LogP contribution in [-0.2, 0) is 0 Å². The predicted octanol–water partition coefficient (Wildman–Crippen LogP) is 4.64. The van der Waals surface area contributed by atoms with Crippen LogP contribution in [0.4, 0.5) is 0 Å². The topological polar surface area (TPSA) is 74.6 Å². The first-order valence-corrected chi connectivity index (χ1v) is 7.20. The summed E-state index contributed by atoms with van der Waals surface area (Å²) < 4.78 is 0. The van der Waals surface area contributed by atoms with E-state index in [0.29, 0.717) is 0 Å². The quantitative estimate of drug-likeness (QED) is 0.542. The lowest BCUT2D eigenvalue weighted by Crippen LogP contribution is -1.99. The molecule has 0 saturated carbocycles. The molecule has 4 nitrogen and oxygen atoms in total. The van der Waals surface area contributed by atoms with Gasteiger partial charge in [-0.25, -0.2) is 9.59 Å². The fourth-order valence-electron chi connectivity index (χ4n) is 1.77. The van der Waals surface area contributed by atoms with Gasteiger partial charge in [0.2, 0.25) is 0 Å². The van der Waals surface area contributed by atoms with E-state index in [1.54, 1.807) is 0 Å². The minimum absolute atomic E-state index is 0.0833. The number of carbonyl (C=O) groups is 2. The Morgan fingerprint density at radius 3 is 1.82 bits per heavy atom. The average Bonchev–Trinajstić information content (AvgIpc) is 2.48. The van der Waals surface area contributed by atoms with Gasteiger partial charge in [0.1, 0.15) is 0 Å². The molecule has 0 spiro atoms. The Bertz CT molecular complexity index is 455. The standard InChI is InChI=1S/C10H18.C8H6O4/c1-4-6-7-9-10(3)8-5-2;9-7(10)5-1-2-6(4-3-5)8(11)12/h4-5,10H,1-2,6-9H2,3H3;1-4H,(H,9,10)(H,11,12). The summed E-state index contributed by atoms with van der Waals surface area (Å²) in [6.07, 6.45) is 8.87. The first-order valence-electron chi connectivity index (χ1n) is 7.20. The molecule has 0 fully saturated rings. The molecule has 1 aromatic carbocycles. The summed E-state index contributed by atoms with van der Waals surface area (Å²) in [6.45, 7) is 9.66. The van der Waals surface area contributed by atoms with Crippen LogP contribution in [0.3, 0.4) is 0 Å². The van der Waals surface area contributed by atoms with E-state index in [0.717, 1.165) is 18.8 Å². The summed E-state index contributed by atoms with van der Waals surface area (Å²) in [5.74, 6) is -1.32. The van der Waals surface area contributed by atoms with Crippen molar-refractivity contribution >= 4 is 11.9 Å². The second kappa shape index (κ2) is 11.3. The fourth-order valence-corrected chi connectivity index (χ4v) is 1.77. The highest BCUT2D eigenvalue weighted by Crippen LogP contribution is 2.11. The molecule has 120 valence electrons. The van der Waals surface area contributed by atoms with Gasteiger partial charge in [-0.2, -0.15) is 0 Å². The number of unbranched alkanes of at least 4 members (excludes halogenated alkanes) is 1. The van der Waals surface area contributed by atoms with Gasteiger partial charge in [-0.3, -0.25) is 0 Å². The summed E-state index contributed by atoms with van der Waals surface area (Å²) in [4.78, 5) is 20.7. The molecule has 0 amide bonds. The molecular weight excluding hydrogens is 280 g/mol. The van der Waals surface area contributed by atoms with Crippen molar-refractivity contribution in [3.8, 4) is 0 Å². The maximum absolute atomic E-state index is 10.3. The van der Waals surface area contributed by atoms with E-state index >= 15 is 0 Å². The number of benzene rings is 1. The van der Waals surface area contributed by atoms with Gasteiger partial charge >= 0.3 is 11.9 Å². The number of hydrogen-bond donors (Lipinski definition) is 2. The van der Waals surface area contributed by atoms with Crippen LogP contribution in [0.5, 0.6) is 0 Å². The lowest BCUT2D eigenvalue weighted by molar-refractivity contribution is 0.0681. The Hall–Kier alpha value is -2.36. The molecule has 0 heterocycles. The molecule has 1 atom stereocenters. The SMILES string of the molecule is C=CCCCC(C)CC=C.O=C(O)c1ccc(C(=O)O)cc1. The van der Waals surface area contributed by atoms with Crippen molar-refractivity contribution in [1.82, 2.24) is 0 Å². The van der Waals surface area contributed by atoms with Crippen molar-refractivity contribution in [2.75, 3.05) is 0 Å². The number of allylic oxidation sites excluding steroid dienone is 2. The van der Waals surface area contributed by atoms with Crippen LogP contribution in [0.1, 0.15) is 53.3 Å². The Morgan fingerprint density at radius 2 is 1.50 bits per heavy atom. The van der Waals surface area contributed by atoms with Gasteiger partial charge in [-0.1, -0.05) is 25.5 Å². The Balaban J connectivity index is 0.000000409. The number of rotatable bonds is 8. The molecule has 0 aromatic heterocycles. The molecule has 0 saturated heterocycles. The lowest BCUT2D eigenvalue weighted by Gasteiger charge is -2.05. The number of aromatic carboxylic acids is 2. The van der Waals surface area contributed by atoms with E-state index in [1.807, 2.05) is 12.2 Å². The first kappa shape index (κ1) is 19.6. The van der Waals surface area contributed by atoms with E-state index in [2.05, 4.69) is 20.1 Å². The summed E-state index contributed by atoms with van der Waals surface area (Å²) >= 11 is 0. The van der Waals surface area contributed by atoms with E-state index in [1.165, 1.54) is 37.1 Å². The van der Waals surface area contributed by atoms with Gasteiger partial charge in [-0.15, -0.1) is 13.2 Å². The van der Waals surface area contributed by atoms with Crippen molar-refractivity contribution in [1.29, 1.82) is 0 Å². The molecule has 2 N–H and O–H groups in total. The minimum atomic E-state index is -1.06. The highest BCUT2D eigenvalue weighted by Gasteiger charge is 2.04. The summed E-state index contributed by atoms with van der Waals surface area (Å²) in [5.41, 5.74) is 0.167. The van der Waals surface area contributed by atoms with Gasteiger partial charge in [0.05, 0.1) is 11.1 Å². The average molecular weight is 304 g/mol. The zero-order chi connectivity index (χ0) is 17.0. The molecule has 22 heavy (non-hydrogen) atoms. The van der Waals surface area contributed by atoms with E-state index in [4.69, 9.17) is 10.2 Å². The predicted molar refractivity (Wildman–Crippen MR) is 88.4 cm³/mol. The third kappa shape index (κ3) is 8.74.